The fourth-order valence-electron chi connectivity index (χ4n) is 2.49. The van der Waals surface area contributed by atoms with Crippen LogP contribution in [0.25, 0.3) is 0 Å². The largest absolute Gasteiger partial charge is 0.328 e. The van der Waals surface area contributed by atoms with Crippen molar-refractivity contribution in [1.29, 1.82) is 0 Å². The highest BCUT2D eigenvalue weighted by Gasteiger charge is 2.36. The standard InChI is InChI=1S/C11H19FN4/c1-2-16-10(14-8-15-16)7-11(12)5-3-4-9(13)6-11/h8-9H,2-7,13H2,1H3. The van der Waals surface area contributed by atoms with Gasteiger partial charge in [-0.05, 0) is 32.6 Å². The average Bonchev–Trinajstić information content (AvgIpc) is 2.63. The quantitative estimate of drug-likeness (QED) is 0.848. The van der Waals surface area contributed by atoms with E-state index in [4.69, 9.17) is 5.73 Å². The van der Waals surface area contributed by atoms with Crippen LogP contribution in [0.4, 0.5) is 4.39 Å². The Hall–Kier alpha value is -0.970. The Balaban J connectivity index is 2.08. The molecule has 1 aliphatic rings. The summed E-state index contributed by atoms with van der Waals surface area (Å²) in [6, 6.07) is -0.00301. The van der Waals surface area contributed by atoms with E-state index in [0.717, 1.165) is 25.2 Å². The number of aromatic nitrogens is 3. The van der Waals surface area contributed by atoms with E-state index < -0.39 is 5.67 Å². The van der Waals surface area contributed by atoms with Gasteiger partial charge in [0.25, 0.3) is 0 Å². The van der Waals surface area contributed by atoms with E-state index in [9.17, 15) is 4.39 Å². The summed E-state index contributed by atoms with van der Waals surface area (Å²) in [4.78, 5) is 4.12. The van der Waals surface area contributed by atoms with E-state index in [2.05, 4.69) is 10.1 Å². The molecule has 2 atom stereocenters. The number of alkyl halides is 1. The number of nitrogens with zero attached hydrogens (tertiary/aromatic N) is 3. The molecule has 0 radical (unpaired) electrons. The van der Waals surface area contributed by atoms with E-state index >= 15 is 0 Å². The van der Waals surface area contributed by atoms with Crippen LogP contribution in [0.15, 0.2) is 6.33 Å². The maximum absolute atomic E-state index is 14.5. The van der Waals surface area contributed by atoms with Gasteiger partial charge in [0, 0.05) is 19.0 Å². The second kappa shape index (κ2) is 4.49. The number of hydrogen-bond acceptors (Lipinski definition) is 3. The van der Waals surface area contributed by atoms with Gasteiger partial charge in [0.15, 0.2) is 0 Å². The summed E-state index contributed by atoms with van der Waals surface area (Å²) in [6.45, 7) is 2.72. The zero-order valence-corrected chi connectivity index (χ0v) is 9.69. The van der Waals surface area contributed by atoms with E-state index in [0.29, 0.717) is 19.3 Å². The van der Waals surface area contributed by atoms with Crippen LogP contribution in [0.1, 0.15) is 38.4 Å². The third-order valence-electron chi connectivity index (χ3n) is 3.30. The number of halogens is 1. The van der Waals surface area contributed by atoms with E-state index in [-0.39, 0.29) is 6.04 Å². The first-order chi connectivity index (χ1) is 7.63. The Morgan fingerprint density at radius 2 is 2.50 bits per heavy atom. The van der Waals surface area contributed by atoms with Crippen LogP contribution in [-0.2, 0) is 13.0 Å². The van der Waals surface area contributed by atoms with Crippen molar-refractivity contribution in [2.24, 2.45) is 5.73 Å². The average molecular weight is 226 g/mol. The van der Waals surface area contributed by atoms with Crippen LogP contribution >= 0.6 is 0 Å². The first-order valence-corrected chi connectivity index (χ1v) is 5.94. The normalized spacial score (nSPS) is 30.6. The van der Waals surface area contributed by atoms with Gasteiger partial charge in [-0.15, -0.1) is 0 Å². The molecule has 5 heteroatoms. The van der Waals surface area contributed by atoms with Crippen molar-refractivity contribution < 1.29 is 4.39 Å². The van der Waals surface area contributed by atoms with Gasteiger partial charge in [-0.2, -0.15) is 5.10 Å². The molecular formula is C11H19FN4. The minimum absolute atomic E-state index is 0.00301. The summed E-state index contributed by atoms with van der Waals surface area (Å²) in [5.41, 5.74) is 4.64. The smallest absolute Gasteiger partial charge is 0.138 e. The number of rotatable bonds is 3. The van der Waals surface area contributed by atoms with Gasteiger partial charge in [0.1, 0.15) is 17.8 Å². The zero-order valence-electron chi connectivity index (χ0n) is 9.69. The third-order valence-corrected chi connectivity index (χ3v) is 3.30. The Morgan fingerprint density at radius 3 is 3.19 bits per heavy atom. The lowest BCUT2D eigenvalue weighted by atomic mass is 9.81. The molecule has 1 aromatic heterocycles. The molecule has 4 nitrogen and oxygen atoms in total. The predicted molar refractivity (Wildman–Crippen MR) is 59.7 cm³/mol. The van der Waals surface area contributed by atoms with Crippen molar-refractivity contribution in [2.45, 2.75) is 57.3 Å². The minimum atomic E-state index is -1.18. The molecule has 1 aromatic rings. The first-order valence-electron chi connectivity index (χ1n) is 5.94. The lowest BCUT2D eigenvalue weighted by molar-refractivity contribution is 0.0928. The van der Waals surface area contributed by atoms with Gasteiger partial charge in [-0.25, -0.2) is 9.37 Å². The van der Waals surface area contributed by atoms with Gasteiger partial charge < -0.3 is 5.73 Å². The predicted octanol–water partition coefficient (Wildman–Crippen LogP) is 1.45. The van der Waals surface area contributed by atoms with Crippen LogP contribution < -0.4 is 5.73 Å². The van der Waals surface area contributed by atoms with Crippen molar-refractivity contribution in [3.63, 3.8) is 0 Å². The summed E-state index contributed by atoms with van der Waals surface area (Å²) in [5, 5.41) is 4.06. The van der Waals surface area contributed by atoms with Gasteiger partial charge in [0.2, 0.25) is 0 Å². The molecule has 1 heterocycles. The molecule has 1 aliphatic carbocycles. The lowest BCUT2D eigenvalue weighted by Crippen LogP contribution is -2.40. The van der Waals surface area contributed by atoms with Crippen molar-refractivity contribution in [3.05, 3.63) is 12.2 Å². The SMILES string of the molecule is CCn1ncnc1CC1(F)CCCC(N)C1. The Kier molecular flexibility index (Phi) is 3.23. The van der Waals surface area contributed by atoms with Crippen molar-refractivity contribution >= 4 is 0 Å². The molecule has 0 aromatic carbocycles. The fraction of sp³-hybridized carbons (Fsp3) is 0.818. The summed E-state index contributed by atoms with van der Waals surface area (Å²) in [6.07, 6.45) is 4.68. The zero-order chi connectivity index (χ0) is 11.6. The van der Waals surface area contributed by atoms with Gasteiger partial charge in [-0.3, -0.25) is 4.68 Å². The first kappa shape index (κ1) is 11.5. The molecule has 16 heavy (non-hydrogen) atoms. The maximum Gasteiger partial charge on any atom is 0.138 e. The lowest BCUT2D eigenvalue weighted by Gasteiger charge is -2.32. The molecule has 1 fully saturated rings. The highest BCUT2D eigenvalue weighted by atomic mass is 19.1. The van der Waals surface area contributed by atoms with Crippen LogP contribution in [0.3, 0.4) is 0 Å². The molecule has 2 N–H and O–H groups in total. The molecule has 1 saturated carbocycles. The molecular weight excluding hydrogens is 207 g/mol. The number of hydrogen-bond donors (Lipinski definition) is 1. The topological polar surface area (TPSA) is 56.7 Å². The summed E-state index contributed by atoms with van der Waals surface area (Å²) < 4.78 is 16.3. The second-order valence-electron chi connectivity index (χ2n) is 4.68. The van der Waals surface area contributed by atoms with Crippen LogP contribution in [0.5, 0.6) is 0 Å². The van der Waals surface area contributed by atoms with Crippen LogP contribution in [0.2, 0.25) is 0 Å². The molecule has 0 spiro atoms. The van der Waals surface area contributed by atoms with Crippen LogP contribution in [-0.4, -0.2) is 26.5 Å². The highest BCUT2D eigenvalue weighted by Crippen LogP contribution is 2.33. The molecule has 0 saturated heterocycles. The summed E-state index contributed by atoms with van der Waals surface area (Å²) >= 11 is 0. The second-order valence-corrected chi connectivity index (χ2v) is 4.68. The third kappa shape index (κ3) is 2.40. The Bertz CT molecular complexity index is 352. The van der Waals surface area contributed by atoms with Gasteiger partial charge in [0.05, 0.1) is 0 Å². The number of aryl methyl sites for hydroxylation is 1. The van der Waals surface area contributed by atoms with Crippen molar-refractivity contribution in [2.75, 3.05) is 0 Å². The molecule has 0 aliphatic heterocycles. The van der Waals surface area contributed by atoms with E-state index in [1.165, 1.54) is 6.33 Å². The maximum atomic E-state index is 14.5. The van der Waals surface area contributed by atoms with Crippen molar-refractivity contribution in [1.82, 2.24) is 14.8 Å². The van der Waals surface area contributed by atoms with Crippen LogP contribution in [0, 0.1) is 0 Å². The van der Waals surface area contributed by atoms with Gasteiger partial charge >= 0.3 is 0 Å². The highest BCUT2D eigenvalue weighted by molar-refractivity contribution is 4.98. The molecule has 90 valence electrons. The fourth-order valence-corrected chi connectivity index (χ4v) is 2.49. The Labute approximate surface area is 95.0 Å². The van der Waals surface area contributed by atoms with E-state index in [1.54, 1.807) is 4.68 Å². The molecule has 2 unspecified atom stereocenters. The minimum Gasteiger partial charge on any atom is -0.328 e. The van der Waals surface area contributed by atoms with E-state index in [1.807, 2.05) is 6.92 Å². The molecule has 2 rings (SSSR count). The Morgan fingerprint density at radius 1 is 1.69 bits per heavy atom. The number of nitrogens with two attached hydrogens (primary N) is 1. The van der Waals surface area contributed by atoms with Crippen molar-refractivity contribution in [3.8, 4) is 0 Å². The molecule has 0 bridgehead atoms. The monoisotopic (exact) mass is 226 g/mol. The van der Waals surface area contributed by atoms with Gasteiger partial charge in [-0.1, -0.05) is 0 Å². The summed E-state index contributed by atoms with van der Waals surface area (Å²) in [5.74, 6) is 0.735. The summed E-state index contributed by atoms with van der Waals surface area (Å²) in [7, 11) is 0. The molecule has 0 amide bonds.